The van der Waals surface area contributed by atoms with Crippen LogP contribution in [0.5, 0.6) is 0 Å². The Kier molecular flexibility index (Phi) is 6.18. The molecule has 0 bridgehead atoms. The molecule has 1 atom stereocenters. The van der Waals surface area contributed by atoms with Crippen molar-refractivity contribution in [3.63, 3.8) is 0 Å². The Morgan fingerprint density at radius 1 is 1.31 bits per heavy atom. The second kappa shape index (κ2) is 8.39. The number of amides is 1. The zero-order valence-electron chi connectivity index (χ0n) is 16.3. The SMILES string of the molecule is C=C1CN(CCCC2CCCCC2)CC[C@@]1(C)c1cccc(C(N)=O)c1. The fourth-order valence-corrected chi connectivity index (χ4v) is 4.72. The summed E-state index contributed by atoms with van der Waals surface area (Å²) in [7, 11) is 0. The molecule has 142 valence electrons. The summed E-state index contributed by atoms with van der Waals surface area (Å²) in [5.41, 5.74) is 8.40. The standard InChI is InChI=1S/C23H34N2O/c1-18-17-25(14-7-10-19-8-4-3-5-9-19)15-13-23(18,2)21-12-6-11-20(16-21)22(24)26/h6,11-12,16,19H,1,3-5,7-10,13-15,17H2,2H3,(H2,24,26)/t23-/m1/s1. The van der Waals surface area contributed by atoms with E-state index in [0.29, 0.717) is 5.56 Å². The zero-order valence-corrected chi connectivity index (χ0v) is 16.3. The topological polar surface area (TPSA) is 46.3 Å². The first kappa shape index (κ1) is 19.2. The lowest BCUT2D eigenvalue weighted by molar-refractivity contribution is 0.1000. The number of hydrogen-bond donors (Lipinski definition) is 1. The molecule has 2 fully saturated rings. The van der Waals surface area contributed by atoms with Gasteiger partial charge >= 0.3 is 0 Å². The summed E-state index contributed by atoms with van der Waals surface area (Å²) in [4.78, 5) is 14.1. The second-order valence-electron chi connectivity index (χ2n) is 8.55. The number of piperidine rings is 1. The Bertz CT molecular complexity index is 647. The van der Waals surface area contributed by atoms with Crippen molar-refractivity contribution in [2.75, 3.05) is 19.6 Å². The molecule has 1 amide bonds. The molecular formula is C23H34N2O. The summed E-state index contributed by atoms with van der Waals surface area (Å²) >= 11 is 0. The molecule has 1 heterocycles. The highest BCUT2D eigenvalue weighted by Gasteiger charge is 2.35. The van der Waals surface area contributed by atoms with Gasteiger partial charge in [0.25, 0.3) is 0 Å². The number of hydrogen-bond acceptors (Lipinski definition) is 2. The van der Waals surface area contributed by atoms with Crippen LogP contribution in [-0.4, -0.2) is 30.4 Å². The Hall–Kier alpha value is -1.61. The maximum Gasteiger partial charge on any atom is 0.248 e. The molecule has 0 aromatic heterocycles. The van der Waals surface area contributed by atoms with Gasteiger partial charge in [-0.3, -0.25) is 9.69 Å². The Morgan fingerprint density at radius 2 is 2.08 bits per heavy atom. The van der Waals surface area contributed by atoms with Gasteiger partial charge in [0, 0.05) is 17.5 Å². The molecule has 3 heteroatoms. The number of likely N-dealkylation sites (tertiary alicyclic amines) is 1. The van der Waals surface area contributed by atoms with Gasteiger partial charge in [-0.15, -0.1) is 0 Å². The fourth-order valence-electron chi connectivity index (χ4n) is 4.72. The number of benzene rings is 1. The minimum atomic E-state index is -0.360. The third-order valence-corrected chi connectivity index (χ3v) is 6.72. The minimum absolute atomic E-state index is 0.0642. The van der Waals surface area contributed by atoms with Gasteiger partial charge in [-0.05, 0) is 56.0 Å². The molecule has 1 saturated heterocycles. The number of primary amides is 1. The summed E-state index contributed by atoms with van der Waals surface area (Å²) in [6, 6.07) is 7.78. The van der Waals surface area contributed by atoms with E-state index in [9.17, 15) is 4.79 Å². The Labute approximate surface area is 158 Å². The number of carbonyl (C=O) groups excluding carboxylic acids is 1. The molecule has 2 N–H and O–H groups in total. The van der Waals surface area contributed by atoms with Crippen LogP contribution in [0.25, 0.3) is 0 Å². The van der Waals surface area contributed by atoms with E-state index in [1.807, 2.05) is 12.1 Å². The highest BCUT2D eigenvalue weighted by atomic mass is 16.1. The van der Waals surface area contributed by atoms with Crippen LogP contribution in [0, 0.1) is 5.92 Å². The molecule has 1 aromatic rings. The van der Waals surface area contributed by atoms with E-state index in [4.69, 9.17) is 5.73 Å². The molecule has 3 nitrogen and oxygen atoms in total. The largest absolute Gasteiger partial charge is 0.366 e. The number of nitrogens with zero attached hydrogens (tertiary/aromatic N) is 1. The van der Waals surface area contributed by atoms with Gasteiger partial charge < -0.3 is 5.73 Å². The van der Waals surface area contributed by atoms with Crippen molar-refractivity contribution < 1.29 is 4.79 Å². The minimum Gasteiger partial charge on any atom is -0.366 e. The van der Waals surface area contributed by atoms with Gasteiger partial charge in [0.1, 0.15) is 0 Å². The van der Waals surface area contributed by atoms with E-state index in [1.165, 1.54) is 62.6 Å². The predicted molar refractivity (Wildman–Crippen MR) is 108 cm³/mol. The molecule has 1 aromatic carbocycles. The molecule has 1 aliphatic carbocycles. The van der Waals surface area contributed by atoms with Gasteiger partial charge in [-0.1, -0.05) is 63.3 Å². The third kappa shape index (κ3) is 4.37. The van der Waals surface area contributed by atoms with E-state index < -0.39 is 0 Å². The third-order valence-electron chi connectivity index (χ3n) is 6.72. The van der Waals surface area contributed by atoms with Crippen molar-refractivity contribution in [2.45, 2.75) is 63.7 Å². The second-order valence-corrected chi connectivity index (χ2v) is 8.55. The summed E-state index contributed by atoms with van der Waals surface area (Å²) in [5.74, 6) is 0.611. The molecule has 0 radical (unpaired) electrons. The highest BCUT2D eigenvalue weighted by molar-refractivity contribution is 5.93. The van der Waals surface area contributed by atoms with E-state index in [-0.39, 0.29) is 11.3 Å². The van der Waals surface area contributed by atoms with E-state index in [0.717, 1.165) is 25.4 Å². The predicted octanol–water partition coefficient (Wildman–Crippen LogP) is 4.67. The molecule has 0 spiro atoms. The molecule has 26 heavy (non-hydrogen) atoms. The zero-order chi connectivity index (χ0) is 18.6. The molecule has 2 aliphatic rings. The average Bonchev–Trinajstić information content (AvgIpc) is 2.66. The molecular weight excluding hydrogens is 320 g/mol. The van der Waals surface area contributed by atoms with Crippen LogP contribution in [0.15, 0.2) is 36.4 Å². The summed E-state index contributed by atoms with van der Waals surface area (Å²) in [5, 5.41) is 0. The van der Waals surface area contributed by atoms with Crippen molar-refractivity contribution in [1.82, 2.24) is 4.90 Å². The van der Waals surface area contributed by atoms with Crippen LogP contribution >= 0.6 is 0 Å². The van der Waals surface area contributed by atoms with E-state index in [2.05, 4.69) is 24.5 Å². The molecule has 1 saturated carbocycles. The van der Waals surface area contributed by atoms with Gasteiger partial charge in [0.05, 0.1) is 0 Å². The number of carbonyl (C=O) groups is 1. The van der Waals surface area contributed by atoms with Crippen LogP contribution in [0.1, 0.15) is 74.2 Å². The maximum atomic E-state index is 11.5. The Balaban J connectivity index is 1.55. The lowest BCUT2D eigenvalue weighted by Crippen LogP contribution is -2.43. The first-order valence-corrected chi connectivity index (χ1v) is 10.3. The first-order valence-electron chi connectivity index (χ1n) is 10.3. The summed E-state index contributed by atoms with van der Waals surface area (Å²) in [6.45, 7) is 9.91. The lowest BCUT2D eigenvalue weighted by Gasteiger charge is -2.42. The van der Waals surface area contributed by atoms with Gasteiger partial charge in [0.2, 0.25) is 5.91 Å². The van der Waals surface area contributed by atoms with Gasteiger partial charge in [-0.2, -0.15) is 0 Å². The monoisotopic (exact) mass is 354 g/mol. The van der Waals surface area contributed by atoms with Crippen LogP contribution in [0.2, 0.25) is 0 Å². The quantitative estimate of drug-likeness (QED) is 0.755. The van der Waals surface area contributed by atoms with Crippen molar-refractivity contribution in [3.8, 4) is 0 Å². The van der Waals surface area contributed by atoms with E-state index in [1.54, 1.807) is 6.07 Å². The normalized spacial score (nSPS) is 25.3. The Morgan fingerprint density at radius 3 is 2.77 bits per heavy atom. The van der Waals surface area contributed by atoms with Crippen LogP contribution in [-0.2, 0) is 5.41 Å². The molecule has 0 unspecified atom stereocenters. The lowest BCUT2D eigenvalue weighted by atomic mass is 9.71. The van der Waals surface area contributed by atoms with Crippen LogP contribution in [0.4, 0.5) is 0 Å². The molecule has 1 aliphatic heterocycles. The van der Waals surface area contributed by atoms with Crippen LogP contribution < -0.4 is 5.73 Å². The first-order chi connectivity index (χ1) is 12.5. The van der Waals surface area contributed by atoms with Crippen molar-refractivity contribution >= 4 is 5.91 Å². The maximum absolute atomic E-state index is 11.5. The average molecular weight is 355 g/mol. The fraction of sp³-hybridized carbons (Fsp3) is 0.609. The van der Waals surface area contributed by atoms with Crippen LogP contribution in [0.3, 0.4) is 0 Å². The van der Waals surface area contributed by atoms with Crippen molar-refractivity contribution in [2.24, 2.45) is 11.7 Å². The van der Waals surface area contributed by atoms with Gasteiger partial charge in [0.15, 0.2) is 0 Å². The van der Waals surface area contributed by atoms with Gasteiger partial charge in [-0.25, -0.2) is 0 Å². The summed E-state index contributed by atoms with van der Waals surface area (Å²) < 4.78 is 0. The smallest absolute Gasteiger partial charge is 0.248 e. The molecule has 3 rings (SSSR count). The summed E-state index contributed by atoms with van der Waals surface area (Å²) in [6.07, 6.45) is 11.0. The highest BCUT2D eigenvalue weighted by Crippen LogP contribution is 2.38. The number of rotatable bonds is 6. The van der Waals surface area contributed by atoms with E-state index >= 15 is 0 Å². The van der Waals surface area contributed by atoms with Crippen molar-refractivity contribution in [3.05, 3.63) is 47.5 Å². The van der Waals surface area contributed by atoms with Crippen molar-refractivity contribution in [1.29, 1.82) is 0 Å². The number of nitrogens with two attached hydrogens (primary N) is 1.